The van der Waals surface area contributed by atoms with Gasteiger partial charge in [0.25, 0.3) is 5.91 Å². The van der Waals surface area contributed by atoms with E-state index in [2.05, 4.69) is 53.0 Å². The third-order valence-electron chi connectivity index (χ3n) is 8.53. The van der Waals surface area contributed by atoms with Gasteiger partial charge in [-0.15, -0.1) is 16.4 Å². The predicted molar refractivity (Wildman–Crippen MR) is 168 cm³/mol. The lowest BCUT2D eigenvalue weighted by atomic mass is 9.74. The molecule has 1 aromatic carbocycles. The zero-order chi connectivity index (χ0) is 30.7. The van der Waals surface area contributed by atoms with Gasteiger partial charge in [0.1, 0.15) is 11.3 Å². The maximum absolute atomic E-state index is 13.9. The second kappa shape index (κ2) is 10.7. The maximum Gasteiger partial charge on any atom is 0.410 e. The summed E-state index contributed by atoms with van der Waals surface area (Å²) in [5, 5.41) is 8.90. The van der Waals surface area contributed by atoms with Crippen molar-refractivity contribution in [2.45, 2.75) is 72.7 Å². The molecule has 3 aromatic heterocycles. The van der Waals surface area contributed by atoms with Crippen LogP contribution in [0.4, 0.5) is 4.79 Å². The Hall–Kier alpha value is -3.92. The maximum atomic E-state index is 13.9. The van der Waals surface area contributed by atoms with Crippen LogP contribution >= 0.6 is 11.3 Å². The Morgan fingerprint density at radius 1 is 1.05 bits per heavy atom. The average molecular weight is 601 g/mol. The van der Waals surface area contributed by atoms with E-state index in [4.69, 9.17) is 4.74 Å². The topological polar surface area (TPSA) is 85.5 Å². The van der Waals surface area contributed by atoms with E-state index in [0.717, 1.165) is 27.5 Å². The van der Waals surface area contributed by atoms with Gasteiger partial charge in [-0.05, 0) is 58.4 Å². The van der Waals surface area contributed by atoms with Gasteiger partial charge in [0.05, 0.1) is 35.3 Å². The van der Waals surface area contributed by atoms with Crippen LogP contribution in [-0.4, -0.2) is 72.6 Å². The summed E-state index contributed by atoms with van der Waals surface area (Å²) in [6.45, 7) is 16.5. The van der Waals surface area contributed by atoms with Gasteiger partial charge in [-0.25, -0.2) is 9.48 Å². The van der Waals surface area contributed by atoms with Crippen LogP contribution < -0.4 is 0 Å². The van der Waals surface area contributed by atoms with Gasteiger partial charge in [0, 0.05) is 41.3 Å². The van der Waals surface area contributed by atoms with Crippen LogP contribution in [0, 0.1) is 19.3 Å². The summed E-state index contributed by atoms with van der Waals surface area (Å²) < 4.78 is 9.58. The molecule has 226 valence electrons. The Balaban J connectivity index is 1.14. The number of benzene rings is 1. The van der Waals surface area contributed by atoms with Crippen LogP contribution in [0.2, 0.25) is 0 Å². The van der Waals surface area contributed by atoms with Crippen LogP contribution in [0.25, 0.3) is 21.0 Å². The number of carbonyl (C=O) groups is 2. The number of ether oxygens (including phenoxy) is 1. The van der Waals surface area contributed by atoms with E-state index in [1.165, 1.54) is 10.4 Å². The minimum Gasteiger partial charge on any atom is -0.444 e. The number of hydrogen-bond acceptors (Lipinski definition) is 6. The second-order valence-corrected chi connectivity index (χ2v) is 14.6. The zero-order valence-corrected chi connectivity index (χ0v) is 26.8. The molecular weight excluding hydrogens is 560 g/mol. The normalized spacial score (nSPS) is 18.3. The summed E-state index contributed by atoms with van der Waals surface area (Å²) >= 11 is 1.70. The summed E-state index contributed by atoms with van der Waals surface area (Å²) in [6, 6.07) is 16.7. The Morgan fingerprint density at radius 2 is 1.74 bits per heavy atom. The van der Waals surface area contributed by atoms with E-state index < -0.39 is 5.60 Å². The smallest absolute Gasteiger partial charge is 0.410 e. The first-order valence-electron chi connectivity index (χ1n) is 14.8. The number of nitrogens with zero attached hydrogens (tertiary/aromatic N) is 6. The van der Waals surface area contributed by atoms with Crippen LogP contribution in [0.5, 0.6) is 0 Å². The summed E-state index contributed by atoms with van der Waals surface area (Å²) in [4.78, 5) is 32.3. The van der Waals surface area contributed by atoms with E-state index in [-0.39, 0.29) is 29.5 Å². The molecule has 6 rings (SSSR count). The van der Waals surface area contributed by atoms with Crippen molar-refractivity contribution in [3.63, 3.8) is 0 Å². The van der Waals surface area contributed by atoms with Crippen molar-refractivity contribution in [1.29, 1.82) is 0 Å². The van der Waals surface area contributed by atoms with Gasteiger partial charge >= 0.3 is 6.09 Å². The lowest BCUT2D eigenvalue weighted by Crippen LogP contribution is -2.65. The summed E-state index contributed by atoms with van der Waals surface area (Å²) in [7, 11) is 0. The number of aromatic nitrogens is 4. The number of thiophene rings is 1. The third-order valence-corrected chi connectivity index (χ3v) is 9.68. The van der Waals surface area contributed by atoms with E-state index in [1.54, 1.807) is 16.2 Å². The molecule has 0 saturated carbocycles. The first-order valence-corrected chi connectivity index (χ1v) is 15.7. The van der Waals surface area contributed by atoms with E-state index in [1.807, 2.05) is 74.7 Å². The molecule has 0 N–H and O–H groups in total. The predicted octanol–water partition coefficient (Wildman–Crippen LogP) is 6.43. The molecule has 4 aromatic rings. The molecule has 0 aliphatic carbocycles. The van der Waals surface area contributed by atoms with Crippen molar-refractivity contribution in [2.75, 3.05) is 19.6 Å². The molecule has 2 amide bonds. The number of likely N-dealkylation sites (tertiary alicyclic amines) is 2. The lowest BCUT2D eigenvalue weighted by Gasteiger charge is -2.54. The average Bonchev–Trinajstić information content (AvgIpc) is 3.65. The first kappa shape index (κ1) is 29.2. The van der Waals surface area contributed by atoms with Crippen LogP contribution in [-0.2, 0) is 11.3 Å². The Morgan fingerprint density at radius 3 is 2.42 bits per heavy atom. The van der Waals surface area contributed by atoms with E-state index in [0.29, 0.717) is 26.2 Å². The Bertz CT molecular complexity index is 1650. The van der Waals surface area contributed by atoms with Crippen LogP contribution in [0.15, 0.2) is 54.7 Å². The van der Waals surface area contributed by atoms with Crippen molar-refractivity contribution in [2.24, 2.45) is 5.41 Å². The molecule has 2 fully saturated rings. The van der Waals surface area contributed by atoms with Crippen molar-refractivity contribution >= 4 is 23.3 Å². The molecule has 10 heteroatoms. The third kappa shape index (κ3) is 5.60. The molecule has 1 unspecified atom stereocenters. The molecular formula is C33H40N6O3S. The molecule has 0 radical (unpaired) electrons. The fourth-order valence-corrected chi connectivity index (χ4v) is 7.20. The monoisotopic (exact) mass is 600 g/mol. The summed E-state index contributed by atoms with van der Waals surface area (Å²) in [5.74, 6) is 0.0399. The van der Waals surface area contributed by atoms with Gasteiger partial charge in [-0.2, -0.15) is 0 Å². The molecule has 43 heavy (non-hydrogen) atoms. The fourth-order valence-electron chi connectivity index (χ4n) is 6.24. The number of rotatable bonds is 6. The van der Waals surface area contributed by atoms with Crippen molar-refractivity contribution in [1.82, 2.24) is 29.4 Å². The minimum absolute atomic E-state index is 0.00724. The quantitative estimate of drug-likeness (QED) is 0.255. The summed E-state index contributed by atoms with van der Waals surface area (Å²) in [6.07, 6.45) is 1.69. The molecule has 0 spiro atoms. The van der Waals surface area contributed by atoms with Crippen LogP contribution in [0.1, 0.15) is 62.4 Å². The molecule has 1 atom stereocenters. The highest BCUT2D eigenvalue weighted by Crippen LogP contribution is 2.40. The first-order chi connectivity index (χ1) is 20.3. The molecule has 0 bridgehead atoms. The highest BCUT2D eigenvalue weighted by molar-refractivity contribution is 7.18. The van der Waals surface area contributed by atoms with Gasteiger partial charge in [0.15, 0.2) is 0 Å². The number of amides is 2. The highest BCUT2D eigenvalue weighted by atomic mass is 32.1. The van der Waals surface area contributed by atoms with E-state index >= 15 is 0 Å². The summed E-state index contributed by atoms with van der Waals surface area (Å²) in [5.41, 5.74) is 4.15. The van der Waals surface area contributed by atoms with Crippen LogP contribution in [0.3, 0.4) is 0 Å². The molecule has 2 saturated heterocycles. The van der Waals surface area contributed by atoms with Gasteiger partial charge in [-0.1, -0.05) is 49.4 Å². The fraction of sp³-hybridized carbons (Fsp3) is 0.455. The molecule has 5 heterocycles. The van der Waals surface area contributed by atoms with Crippen molar-refractivity contribution < 1.29 is 14.3 Å². The Kier molecular flexibility index (Phi) is 7.23. The lowest BCUT2D eigenvalue weighted by molar-refractivity contribution is -0.0396. The van der Waals surface area contributed by atoms with Gasteiger partial charge < -0.3 is 19.1 Å². The van der Waals surface area contributed by atoms with Crippen molar-refractivity contribution in [3.8, 4) is 21.0 Å². The SMILES string of the molecule is Cc1cc(C(=O)N2CC(C)(C)C2Cn2cc(-c3ccc(-c4ccccc4)s3)nn2)c(C)n1C1CN(C(=O)OC(C)(C)C)C1. The highest BCUT2D eigenvalue weighted by Gasteiger charge is 2.49. The molecule has 2 aliphatic heterocycles. The Labute approximate surface area is 257 Å². The minimum atomic E-state index is -0.522. The van der Waals surface area contributed by atoms with Crippen molar-refractivity contribution in [3.05, 3.63) is 71.7 Å². The number of hydrogen-bond donors (Lipinski definition) is 0. The molecule has 9 nitrogen and oxygen atoms in total. The zero-order valence-electron chi connectivity index (χ0n) is 26.0. The van der Waals surface area contributed by atoms with Gasteiger partial charge in [-0.3, -0.25) is 4.79 Å². The van der Waals surface area contributed by atoms with E-state index in [9.17, 15) is 9.59 Å². The molecule has 2 aliphatic rings. The number of carbonyl (C=O) groups excluding carboxylic acids is 2. The standard InChI is InChI=1S/C33H40N6O3S/c1-21-15-25(22(2)39(21)24-16-36(17-24)31(41)42-32(3,4)5)30(40)38-20-33(6,7)29(38)19-37-18-26(34-35-37)28-14-13-27(43-28)23-11-9-8-10-12-23/h8-15,18,24,29H,16-17,19-20H2,1-7H3. The second-order valence-electron chi connectivity index (χ2n) is 13.5. The number of aryl methyl sites for hydroxylation is 1. The largest absolute Gasteiger partial charge is 0.444 e. The van der Waals surface area contributed by atoms with Gasteiger partial charge in [0.2, 0.25) is 0 Å².